The molecule has 4 amide bonds. The monoisotopic (exact) mass is 475 g/mol. The van der Waals surface area contributed by atoms with Crippen LogP contribution in [0.3, 0.4) is 0 Å². The van der Waals surface area contributed by atoms with Crippen LogP contribution in [0, 0.1) is 0 Å². The maximum Gasteiger partial charge on any atom is 0.262 e. The van der Waals surface area contributed by atoms with Crippen LogP contribution in [0.4, 0.5) is 10.8 Å². The highest BCUT2D eigenvalue weighted by Gasteiger charge is 2.37. The van der Waals surface area contributed by atoms with Crippen molar-refractivity contribution in [1.29, 1.82) is 0 Å². The van der Waals surface area contributed by atoms with E-state index in [0.717, 1.165) is 17.0 Å². The Hall–Kier alpha value is -3.92. The summed E-state index contributed by atoms with van der Waals surface area (Å²) >= 11 is 1.19. The maximum atomic E-state index is 12.6. The summed E-state index contributed by atoms with van der Waals surface area (Å²) in [6.07, 6.45) is 1.25. The van der Waals surface area contributed by atoms with E-state index in [4.69, 9.17) is 0 Å². The van der Waals surface area contributed by atoms with Gasteiger partial charge in [0.2, 0.25) is 16.9 Å². The normalized spacial score (nSPS) is 17.4. The fourth-order valence-corrected chi connectivity index (χ4v) is 5.02. The average Bonchev–Trinajstić information content (AvgIpc) is 3.53. The molecule has 9 nitrogen and oxygen atoms in total. The predicted octanol–water partition coefficient (Wildman–Crippen LogP) is 2.86. The van der Waals surface area contributed by atoms with Crippen molar-refractivity contribution in [1.82, 2.24) is 15.1 Å². The van der Waals surface area contributed by atoms with Gasteiger partial charge >= 0.3 is 0 Å². The van der Waals surface area contributed by atoms with E-state index in [2.05, 4.69) is 22.4 Å². The Balaban J connectivity index is 1.21. The van der Waals surface area contributed by atoms with Crippen LogP contribution in [-0.2, 0) is 16.0 Å². The first kappa shape index (κ1) is 21.9. The molecule has 0 radical (unpaired) electrons. The van der Waals surface area contributed by atoms with Crippen LogP contribution in [0.15, 0.2) is 48.5 Å². The number of benzene rings is 2. The summed E-state index contributed by atoms with van der Waals surface area (Å²) in [7, 11) is 0. The van der Waals surface area contributed by atoms with Gasteiger partial charge in [-0.2, -0.15) is 0 Å². The quantitative estimate of drug-likeness (QED) is 0.549. The number of carbonyl (C=O) groups excluding carboxylic acids is 4. The lowest BCUT2D eigenvalue weighted by molar-refractivity contribution is -0.117. The zero-order valence-electron chi connectivity index (χ0n) is 18.4. The van der Waals surface area contributed by atoms with Crippen molar-refractivity contribution in [2.45, 2.75) is 25.7 Å². The van der Waals surface area contributed by atoms with Gasteiger partial charge in [-0.25, -0.2) is 0 Å². The van der Waals surface area contributed by atoms with Gasteiger partial charge in [0.05, 0.1) is 11.1 Å². The number of anilines is 2. The number of hydrogen-bond acceptors (Lipinski definition) is 7. The number of rotatable bonds is 6. The van der Waals surface area contributed by atoms with E-state index in [1.807, 2.05) is 24.3 Å². The lowest BCUT2D eigenvalue weighted by Crippen LogP contribution is -2.37. The number of nitrogens with one attached hydrogen (secondary N) is 1. The first-order valence-electron chi connectivity index (χ1n) is 10.9. The fraction of sp³-hybridized carbons (Fsp3) is 0.250. The summed E-state index contributed by atoms with van der Waals surface area (Å²) in [4.78, 5) is 52.7. The summed E-state index contributed by atoms with van der Waals surface area (Å²) in [5.74, 6) is -1.65. The Bertz CT molecular complexity index is 1270. The molecule has 0 spiro atoms. The van der Waals surface area contributed by atoms with Crippen LogP contribution in [0.1, 0.15) is 50.5 Å². The first-order valence-corrected chi connectivity index (χ1v) is 11.7. The minimum Gasteiger partial charge on any atom is -0.312 e. The molecule has 1 aromatic heterocycles. The van der Waals surface area contributed by atoms with E-state index in [0.29, 0.717) is 29.1 Å². The van der Waals surface area contributed by atoms with Crippen molar-refractivity contribution >= 4 is 45.8 Å². The van der Waals surface area contributed by atoms with Crippen LogP contribution in [0.25, 0.3) is 0 Å². The number of carbonyl (C=O) groups is 4. The standard InChI is InChI=1S/C24H21N5O4S/c1-2-14-7-9-16(10-8-14)28-12-15(11-20(28)31)21-26-27-24(34-21)25-19(30)13-29-22(32)17-5-3-4-6-18(17)23(29)33/h3-10,15H,2,11-13H2,1H3,(H,25,27,30)/t15-/m1/s1. The molecule has 172 valence electrons. The third-order valence-electron chi connectivity index (χ3n) is 6.00. The van der Waals surface area contributed by atoms with Gasteiger partial charge in [0.15, 0.2) is 0 Å². The average molecular weight is 476 g/mol. The number of hydrogen-bond donors (Lipinski definition) is 1. The Morgan fingerprint density at radius 2 is 1.71 bits per heavy atom. The minimum atomic E-state index is -0.544. The summed E-state index contributed by atoms with van der Waals surface area (Å²) in [5.41, 5.74) is 2.64. The van der Waals surface area contributed by atoms with Crippen molar-refractivity contribution in [3.8, 4) is 0 Å². The molecule has 34 heavy (non-hydrogen) atoms. The molecule has 1 atom stereocenters. The molecule has 10 heteroatoms. The second kappa shape index (κ2) is 8.79. The van der Waals surface area contributed by atoms with Crippen molar-refractivity contribution in [3.05, 3.63) is 70.2 Å². The van der Waals surface area contributed by atoms with E-state index in [9.17, 15) is 19.2 Å². The molecule has 5 rings (SSSR count). The van der Waals surface area contributed by atoms with E-state index in [1.165, 1.54) is 16.9 Å². The molecule has 0 unspecified atom stereocenters. The topological polar surface area (TPSA) is 113 Å². The second-order valence-corrected chi connectivity index (χ2v) is 9.17. The number of imide groups is 1. The molecule has 2 aliphatic rings. The van der Waals surface area contributed by atoms with Gasteiger partial charge in [-0.15, -0.1) is 10.2 Å². The van der Waals surface area contributed by atoms with Crippen LogP contribution in [-0.4, -0.2) is 51.8 Å². The van der Waals surface area contributed by atoms with Crippen LogP contribution >= 0.6 is 11.3 Å². The highest BCUT2D eigenvalue weighted by atomic mass is 32.1. The molecule has 2 aromatic carbocycles. The molecular formula is C24H21N5O4S. The molecule has 3 aromatic rings. The van der Waals surface area contributed by atoms with Crippen molar-refractivity contribution in [3.63, 3.8) is 0 Å². The molecule has 0 aliphatic carbocycles. The number of amides is 4. The Morgan fingerprint density at radius 1 is 1.03 bits per heavy atom. The molecule has 1 N–H and O–H groups in total. The number of fused-ring (bicyclic) bond motifs is 1. The number of aromatic nitrogens is 2. The van der Waals surface area contributed by atoms with Gasteiger partial charge in [-0.3, -0.25) is 29.4 Å². The van der Waals surface area contributed by atoms with Crippen molar-refractivity contribution in [2.24, 2.45) is 0 Å². The number of nitrogens with zero attached hydrogens (tertiary/aromatic N) is 4. The summed E-state index contributed by atoms with van der Waals surface area (Å²) in [6, 6.07) is 14.4. The van der Waals surface area contributed by atoms with Gasteiger partial charge < -0.3 is 4.90 Å². The maximum absolute atomic E-state index is 12.6. The van der Waals surface area contributed by atoms with E-state index in [1.54, 1.807) is 29.2 Å². The van der Waals surface area contributed by atoms with Gasteiger partial charge in [0, 0.05) is 24.6 Å². The molecular weight excluding hydrogens is 454 g/mol. The summed E-state index contributed by atoms with van der Waals surface area (Å²) in [6.45, 7) is 2.16. The van der Waals surface area contributed by atoms with Gasteiger partial charge in [-0.05, 0) is 36.2 Å². The molecule has 1 fully saturated rings. The van der Waals surface area contributed by atoms with E-state index >= 15 is 0 Å². The SMILES string of the molecule is CCc1ccc(N2C[C@H](c3nnc(NC(=O)CN4C(=O)c5ccccc5C4=O)s3)CC2=O)cc1. The molecule has 0 bridgehead atoms. The predicted molar refractivity (Wildman–Crippen MR) is 126 cm³/mol. The largest absolute Gasteiger partial charge is 0.312 e. The number of aryl methyl sites for hydroxylation is 1. The molecule has 3 heterocycles. The van der Waals surface area contributed by atoms with Crippen molar-refractivity contribution in [2.75, 3.05) is 23.3 Å². The zero-order valence-corrected chi connectivity index (χ0v) is 19.2. The minimum absolute atomic E-state index is 0.0145. The highest BCUT2D eigenvalue weighted by molar-refractivity contribution is 7.15. The fourth-order valence-electron chi connectivity index (χ4n) is 4.17. The second-order valence-electron chi connectivity index (χ2n) is 8.16. The van der Waals surface area contributed by atoms with E-state index in [-0.39, 0.29) is 17.0 Å². The summed E-state index contributed by atoms with van der Waals surface area (Å²) in [5, 5.41) is 11.7. The Morgan fingerprint density at radius 3 is 2.35 bits per heavy atom. The van der Waals surface area contributed by atoms with Gasteiger partial charge in [-0.1, -0.05) is 42.5 Å². The lowest BCUT2D eigenvalue weighted by Gasteiger charge is -2.16. The first-order chi connectivity index (χ1) is 16.4. The van der Waals surface area contributed by atoms with Crippen LogP contribution < -0.4 is 10.2 Å². The third-order valence-corrected chi connectivity index (χ3v) is 7.00. The Kier molecular flexibility index (Phi) is 5.66. The zero-order chi connectivity index (χ0) is 23.8. The van der Waals surface area contributed by atoms with E-state index < -0.39 is 24.3 Å². The third kappa shape index (κ3) is 3.96. The molecule has 2 aliphatic heterocycles. The highest BCUT2D eigenvalue weighted by Crippen LogP contribution is 2.34. The van der Waals surface area contributed by atoms with Crippen LogP contribution in [0.2, 0.25) is 0 Å². The Labute approximate surface area is 199 Å². The van der Waals surface area contributed by atoms with Crippen molar-refractivity contribution < 1.29 is 19.2 Å². The smallest absolute Gasteiger partial charge is 0.262 e. The van der Waals surface area contributed by atoms with Gasteiger partial charge in [0.25, 0.3) is 11.8 Å². The summed E-state index contributed by atoms with van der Waals surface area (Å²) < 4.78 is 0. The lowest BCUT2D eigenvalue weighted by atomic mass is 10.1. The van der Waals surface area contributed by atoms with Gasteiger partial charge in [0.1, 0.15) is 11.6 Å². The molecule has 1 saturated heterocycles. The molecule has 0 saturated carbocycles. The van der Waals surface area contributed by atoms with Crippen LogP contribution in [0.5, 0.6) is 0 Å².